The van der Waals surface area contributed by atoms with Crippen LogP contribution in [0.2, 0.25) is 5.02 Å². The lowest BCUT2D eigenvalue weighted by Crippen LogP contribution is -2.08. The first-order valence-electron chi connectivity index (χ1n) is 7.23. The minimum absolute atomic E-state index is 0.516. The van der Waals surface area contributed by atoms with Gasteiger partial charge in [0.25, 0.3) is 0 Å². The first-order valence-corrected chi connectivity index (χ1v) is 7.61. The molecular weight excluding hydrogens is 308 g/mol. The van der Waals surface area contributed by atoms with Gasteiger partial charge in [0, 0.05) is 28.5 Å². The Morgan fingerprint density at radius 1 is 1.00 bits per heavy atom. The quantitative estimate of drug-likeness (QED) is 0.435. The minimum Gasteiger partial charge on any atom is -0.410 e. The second kappa shape index (κ2) is 7.07. The molecule has 1 N–H and O–H groups in total. The molecule has 0 aliphatic carbocycles. The van der Waals surface area contributed by atoms with Crippen molar-refractivity contribution in [1.82, 2.24) is 4.98 Å². The van der Waals surface area contributed by atoms with Gasteiger partial charge < -0.3 is 5.21 Å². The van der Waals surface area contributed by atoms with Gasteiger partial charge in [0.1, 0.15) is 5.71 Å². The molecule has 4 heteroatoms. The summed E-state index contributed by atoms with van der Waals surface area (Å²) in [6.07, 6.45) is 4.11. The van der Waals surface area contributed by atoms with E-state index in [1.54, 1.807) is 12.4 Å². The number of rotatable bonds is 4. The molecule has 1 heterocycles. The largest absolute Gasteiger partial charge is 0.410 e. The summed E-state index contributed by atoms with van der Waals surface area (Å²) in [6, 6.07) is 19.3. The average molecular weight is 323 g/mol. The van der Waals surface area contributed by atoms with Crippen molar-refractivity contribution in [1.29, 1.82) is 0 Å². The van der Waals surface area contributed by atoms with Crippen molar-refractivity contribution < 1.29 is 5.21 Å². The van der Waals surface area contributed by atoms with E-state index in [0.29, 0.717) is 5.71 Å². The van der Waals surface area contributed by atoms with Crippen LogP contribution in [0.3, 0.4) is 0 Å². The summed E-state index contributed by atoms with van der Waals surface area (Å²) in [5.41, 5.74) is 4.40. The highest BCUT2D eigenvalue weighted by Gasteiger charge is 2.12. The van der Waals surface area contributed by atoms with Gasteiger partial charge in [0.15, 0.2) is 0 Å². The summed E-state index contributed by atoms with van der Waals surface area (Å²) in [4.78, 5) is 4.10. The molecule has 0 fully saturated rings. The SMILES string of the molecule is ON=C(c1cccnc1)c1ccccc1Cc1ccc(Cl)cc1. The maximum Gasteiger partial charge on any atom is 0.118 e. The molecule has 0 radical (unpaired) electrons. The lowest BCUT2D eigenvalue weighted by atomic mass is 9.94. The summed E-state index contributed by atoms with van der Waals surface area (Å²) >= 11 is 5.94. The van der Waals surface area contributed by atoms with Crippen LogP contribution < -0.4 is 0 Å². The van der Waals surface area contributed by atoms with Crippen LogP contribution in [-0.4, -0.2) is 15.9 Å². The molecule has 0 saturated heterocycles. The van der Waals surface area contributed by atoms with Gasteiger partial charge in [0.05, 0.1) is 0 Å². The number of hydrogen-bond acceptors (Lipinski definition) is 3. The van der Waals surface area contributed by atoms with E-state index in [1.165, 1.54) is 0 Å². The van der Waals surface area contributed by atoms with Crippen LogP contribution in [0, 0.1) is 0 Å². The highest BCUT2D eigenvalue weighted by Crippen LogP contribution is 2.19. The molecule has 0 spiro atoms. The molecule has 0 aliphatic heterocycles. The average Bonchev–Trinajstić information content (AvgIpc) is 2.60. The van der Waals surface area contributed by atoms with Crippen molar-refractivity contribution in [2.75, 3.05) is 0 Å². The van der Waals surface area contributed by atoms with Crippen LogP contribution in [-0.2, 0) is 6.42 Å². The Labute approximate surface area is 139 Å². The Bertz CT molecular complexity index is 814. The highest BCUT2D eigenvalue weighted by molar-refractivity contribution is 6.30. The van der Waals surface area contributed by atoms with Gasteiger partial charge in [-0.25, -0.2) is 0 Å². The lowest BCUT2D eigenvalue weighted by molar-refractivity contribution is 0.319. The van der Waals surface area contributed by atoms with E-state index in [2.05, 4.69) is 10.1 Å². The normalized spacial score (nSPS) is 11.4. The number of aromatic nitrogens is 1. The number of oxime groups is 1. The van der Waals surface area contributed by atoms with Gasteiger partial charge in [-0.3, -0.25) is 4.98 Å². The molecule has 2 aromatic carbocycles. The van der Waals surface area contributed by atoms with Crippen LogP contribution in [0.25, 0.3) is 0 Å². The van der Waals surface area contributed by atoms with Crippen LogP contribution in [0.5, 0.6) is 0 Å². The number of hydrogen-bond donors (Lipinski definition) is 1. The predicted molar refractivity (Wildman–Crippen MR) is 92.4 cm³/mol. The standard InChI is InChI=1S/C19H15ClN2O/c20-17-9-7-14(8-10-17)12-15-4-1-2-6-18(15)19(22-23)16-5-3-11-21-13-16/h1-11,13,23H,12H2. The van der Waals surface area contributed by atoms with Gasteiger partial charge >= 0.3 is 0 Å². The Kier molecular flexibility index (Phi) is 4.69. The summed E-state index contributed by atoms with van der Waals surface area (Å²) < 4.78 is 0. The summed E-state index contributed by atoms with van der Waals surface area (Å²) in [5.74, 6) is 0. The zero-order chi connectivity index (χ0) is 16.1. The van der Waals surface area contributed by atoms with Crippen molar-refractivity contribution >= 4 is 17.3 Å². The zero-order valence-corrected chi connectivity index (χ0v) is 13.1. The Hall–Kier alpha value is -2.65. The molecule has 0 aliphatic rings. The fraction of sp³-hybridized carbons (Fsp3) is 0.0526. The van der Waals surface area contributed by atoms with E-state index in [1.807, 2.05) is 60.7 Å². The summed E-state index contributed by atoms with van der Waals surface area (Å²) in [5, 5.41) is 13.7. The minimum atomic E-state index is 0.516. The zero-order valence-electron chi connectivity index (χ0n) is 12.4. The molecule has 0 amide bonds. The Balaban J connectivity index is 1.99. The molecule has 23 heavy (non-hydrogen) atoms. The predicted octanol–water partition coefficient (Wildman–Crippen LogP) is 4.55. The van der Waals surface area contributed by atoms with E-state index in [9.17, 15) is 5.21 Å². The molecule has 3 rings (SSSR count). The van der Waals surface area contributed by atoms with E-state index < -0.39 is 0 Å². The summed E-state index contributed by atoms with van der Waals surface area (Å²) in [7, 11) is 0. The molecule has 3 aromatic rings. The number of benzene rings is 2. The third-order valence-corrected chi connectivity index (χ3v) is 3.87. The van der Waals surface area contributed by atoms with Gasteiger partial charge in [-0.2, -0.15) is 0 Å². The van der Waals surface area contributed by atoms with Crippen LogP contribution in [0.1, 0.15) is 22.3 Å². The third kappa shape index (κ3) is 3.58. The third-order valence-electron chi connectivity index (χ3n) is 3.62. The van der Waals surface area contributed by atoms with Crippen molar-refractivity contribution in [3.63, 3.8) is 0 Å². The Morgan fingerprint density at radius 3 is 2.48 bits per heavy atom. The van der Waals surface area contributed by atoms with Crippen molar-refractivity contribution in [3.8, 4) is 0 Å². The first kappa shape index (κ1) is 15.3. The molecule has 3 nitrogen and oxygen atoms in total. The van der Waals surface area contributed by atoms with Crippen molar-refractivity contribution in [2.24, 2.45) is 5.16 Å². The molecule has 0 saturated carbocycles. The van der Waals surface area contributed by atoms with Gasteiger partial charge in [-0.15, -0.1) is 0 Å². The molecule has 0 bridgehead atoms. The fourth-order valence-corrected chi connectivity index (χ4v) is 2.62. The monoisotopic (exact) mass is 322 g/mol. The van der Waals surface area contributed by atoms with Crippen LogP contribution in [0.15, 0.2) is 78.2 Å². The molecule has 114 valence electrons. The maximum atomic E-state index is 9.50. The fourth-order valence-electron chi connectivity index (χ4n) is 2.50. The molecule has 0 atom stereocenters. The van der Waals surface area contributed by atoms with Gasteiger partial charge in [0.2, 0.25) is 0 Å². The Morgan fingerprint density at radius 2 is 1.78 bits per heavy atom. The second-order valence-corrected chi connectivity index (χ2v) is 5.59. The number of halogens is 1. The van der Waals surface area contributed by atoms with Crippen molar-refractivity contribution in [2.45, 2.75) is 6.42 Å². The number of pyridine rings is 1. The van der Waals surface area contributed by atoms with Crippen LogP contribution >= 0.6 is 11.6 Å². The van der Waals surface area contributed by atoms with Gasteiger partial charge in [-0.1, -0.05) is 53.2 Å². The summed E-state index contributed by atoms with van der Waals surface area (Å²) in [6.45, 7) is 0. The lowest BCUT2D eigenvalue weighted by Gasteiger charge is -2.11. The molecule has 0 unspecified atom stereocenters. The van der Waals surface area contributed by atoms with E-state index >= 15 is 0 Å². The second-order valence-electron chi connectivity index (χ2n) is 5.15. The van der Waals surface area contributed by atoms with Crippen LogP contribution in [0.4, 0.5) is 0 Å². The van der Waals surface area contributed by atoms with Gasteiger partial charge in [-0.05, 0) is 41.8 Å². The smallest absolute Gasteiger partial charge is 0.118 e. The van der Waals surface area contributed by atoms with E-state index in [-0.39, 0.29) is 0 Å². The first-order chi connectivity index (χ1) is 11.3. The van der Waals surface area contributed by atoms with E-state index in [0.717, 1.165) is 33.7 Å². The van der Waals surface area contributed by atoms with E-state index in [4.69, 9.17) is 11.6 Å². The molecular formula is C19H15ClN2O. The van der Waals surface area contributed by atoms with Crippen molar-refractivity contribution in [3.05, 3.63) is 100 Å². The number of nitrogens with zero attached hydrogens (tertiary/aromatic N) is 2. The maximum absolute atomic E-state index is 9.50. The highest BCUT2D eigenvalue weighted by atomic mass is 35.5. The molecule has 1 aromatic heterocycles. The topological polar surface area (TPSA) is 45.5 Å².